The Balaban J connectivity index is 2.08. The van der Waals surface area contributed by atoms with Gasteiger partial charge >= 0.3 is 0 Å². The lowest BCUT2D eigenvalue weighted by Crippen LogP contribution is -2.26. The largest absolute Gasteiger partial charge is 0.348 e. The van der Waals surface area contributed by atoms with E-state index < -0.39 is 0 Å². The number of amides is 1. The molecule has 122 valence electrons. The van der Waals surface area contributed by atoms with Crippen molar-refractivity contribution < 1.29 is 4.79 Å². The van der Waals surface area contributed by atoms with Gasteiger partial charge in [0, 0.05) is 29.3 Å². The van der Waals surface area contributed by atoms with Crippen molar-refractivity contribution in [2.24, 2.45) is 0 Å². The van der Waals surface area contributed by atoms with Crippen LogP contribution in [0.2, 0.25) is 0 Å². The SMILES string of the molecule is CC(C)c1ccc(C(=O)NCc2cncnc2C(C)(C)C)cc1. The Hall–Kier alpha value is -2.23. The van der Waals surface area contributed by atoms with Gasteiger partial charge in [-0.3, -0.25) is 4.79 Å². The van der Waals surface area contributed by atoms with Crippen LogP contribution in [0.4, 0.5) is 0 Å². The number of rotatable bonds is 4. The van der Waals surface area contributed by atoms with E-state index in [0.29, 0.717) is 18.0 Å². The third-order valence-electron chi connectivity index (χ3n) is 3.78. The van der Waals surface area contributed by atoms with Gasteiger partial charge in [0.05, 0.1) is 5.69 Å². The molecule has 0 aliphatic heterocycles. The Morgan fingerprint density at radius 3 is 2.39 bits per heavy atom. The van der Waals surface area contributed by atoms with E-state index in [2.05, 4.69) is 49.9 Å². The van der Waals surface area contributed by atoms with Gasteiger partial charge < -0.3 is 5.32 Å². The van der Waals surface area contributed by atoms with E-state index in [0.717, 1.165) is 11.3 Å². The van der Waals surface area contributed by atoms with Gasteiger partial charge in [-0.25, -0.2) is 9.97 Å². The number of nitrogens with zero attached hydrogens (tertiary/aromatic N) is 2. The topological polar surface area (TPSA) is 54.9 Å². The molecule has 0 saturated heterocycles. The minimum atomic E-state index is -0.0814. The zero-order chi connectivity index (χ0) is 17.0. The van der Waals surface area contributed by atoms with Gasteiger partial charge in [0.2, 0.25) is 0 Å². The summed E-state index contributed by atoms with van der Waals surface area (Å²) in [6.07, 6.45) is 3.33. The fraction of sp³-hybridized carbons (Fsp3) is 0.421. The fourth-order valence-corrected chi connectivity index (χ4v) is 2.46. The Bertz CT molecular complexity index is 670. The number of carbonyl (C=O) groups excluding carboxylic acids is 1. The molecule has 0 aliphatic rings. The van der Waals surface area contributed by atoms with Crippen molar-refractivity contribution in [3.63, 3.8) is 0 Å². The molecule has 23 heavy (non-hydrogen) atoms. The first-order valence-electron chi connectivity index (χ1n) is 7.96. The summed E-state index contributed by atoms with van der Waals surface area (Å²) in [5, 5.41) is 2.96. The minimum absolute atomic E-state index is 0.0796. The van der Waals surface area contributed by atoms with E-state index in [-0.39, 0.29) is 11.3 Å². The quantitative estimate of drug-likeness (QED) is 0.933. The Morgan fingerprint density at radius 1 is 1.17 bits per heavy atom. The number of hydrogen-bond acceptors (Lipinski definition) is 3. The van der Waals surface area contributed by atoms with Gasteiger partial charge in [0.25, 0.3) is 5.91 Å². The molecular formula is C19H25N3O. The van der Waals surface area contributed by atoms with Crippen molar-refractivity contribution in [2.75, 3.05) is 0 Å². The minimum Gasteiger partial charge on any atom is -0.348 e. The number of aromatic nitrogens is 2. The van der Waals surface area contributed by atoms with Crippen molar-refractivity contribution >= 4 is 5.91 Å². The monoisotopic (exact) mass is 311 g/mol. The second-order valence-corrected chi connectivity index (χ2v) is 7.11. The van der Waals surface area contributed by atoms with Gasteiger partial charge in [0.15, 0.2) is 0 Å². The number of hydrogen-bond donors (Lipinski definition) is 1. The normalized spacial score (nSPS) is 11.6. The van der Waals surface area contributed by atoms with Crippen molar-refractivity contribution in [1.29, 1.82) is 0 Å². The van der Waals surface area contributed by atoms with E-state index in [1.165, 1.54) is 5.56 Å². The Morgan fingerprint density at radius 2 is 1.83 bits per heavy atom. The average molecular weight is 311 g/mol. The lowest BCUT2D eigenvalue weighted by molar-refractivity contribution is 0.0950. The molecule has 1 N–H and O–H groups in total. The predicted octanol–water partition coefficient (Wildman–Crippen LogP) is 3.83. The Kier molecular flexibility index (Phi) is 5.14. The van der Waals surface area contributed by atoms with Gasteiger partial charge in [0.1, 0.15) is 6.33 Å². The maximum atomic E-state index is 12.3. The molecule has 0 unspecified atom stereocenters. The smallest absolute Gasteiger partial charge is 0.251 e. The highest BCUT2D eigenvalue weighted by atomic mass is 16.1. The van der Waals surface area contributed by atoms with E-state index >= 15 is 0 Å². The van der Waals surface area contributed by atoms with Crippen LogP contribution < -0.4 is 5.32 Å². The van der Waals surface area contributed by atoms with Crippen LogP contribution in [0.5, 0.6) is 0 Å². The first-order valence-corrected chi connectivity index (χ1v) is 7.96. The first kappa shape index (κ1) is 17.1. The molecule has 0 saturated carbocycles. The second-order valence-electron chi connectivity index (χ2n) is 7.11. The standard InChI is InChI=1S/C19H25N3O/c1-13(2)14-6-8-15(9-7-14)18(23)21-11-16-10-20-12-22-17(16)19(3,4)5/h6-10,12-13H,11H2,1-5H3,(H,21,23). The molecule has 2 aromatic rings. The third kappa shape index (κ3) is 4.38. The summed E-state index contributed by atoms with van der Waals surface area (Å²) in [7, 11) is 0. The zero-order valence-corrected chi connectivity index (χ0v) is 14.6. The fourth-order valence-electron chi connectivity index (χ4n) is 2.46. The highest BCUT2D eigenvalue weighted by Crippen LogP contribution is 2.22. The summed E-state index contributed by atoms with van der Waals surface area (Å²) in [5.41, 5.74) is 3.73. The van der Waals surface area contributed by atoms with Gasteiger partial charge in [-0.15, -0.1) is 0 Å². The van der Waals surface area contributed by atoms with Crippen LogP contribution in [-0.2, 0) is 12.0 Å². The molecule has 0 fully saturated rings. The highest BCUT2D eigenvalue weighted by molar-refractivity contribution is 5.94. The summed E-state index contributed by atoms with van der Waals surface area (Å²) in [5.74, 6) is 0.381. The number of carbonyl (C=O) groups is 1. The summed E-state index contributed by atoms with van der Waals surface area (Å²) in [6, 6.07) is 7.76. The molecule has 0 aliphatic carbocycles. The zero-order valence-electron chi connectivity index (χ0n) is 14.6. The highest BCUT2D eigenvalue weighted by Gasteiger charge is 2.20. The van der Waals surface area contributed by atoms with E-state index in [9.17, 15) is 4.79 Å². The van der Waals surface area contributed by atoms with Gasteiger partial charge in [-0.05, 0) is 23.6 Å². The predicted molar refractivity (Wildman–Crippen MR) is 92.4 cm³/mol. The van der Waals surface area contributed by atoms with E-state index in [1.807, 2.05) is 24.3 Å². The first-order chi connectivity index (χ1) is 10.8. The van der Waals surface area contributed by atoms with Crippen LogP contribution in [0.25, 0.3) is 0 Å². The summed E-state index contributed by atoms with van der Waals surface area (Å²) < 4.78 is 0. The molecule has 4 heteroatoms. The molecule has 0 atom stereocenters. The molecule has 1 aromatic heterocycles. The van der Waals surface area contributed by atoms with Crippen LogP contribution in [-0.4, -0.2) is 15.9 Å². The molecule has 0 bridgehead atoms. The van der Waals surface area contributed by atoms with E-state index in [1.54, 1.807) is 12.5 Å². The van der Waals surface area contributed by atoms with Crippen LogP contribution in [0.15, 0.2) is 36.8 Å². The van der Waals surface area contributed by atoms with Crippen molar-refractivity contribution in [3.05, 3.63) is 59.2 Å². The lowest BCUT2D eigenvalue weighted by Gasteiger charge is -2.21. The Labute approximate surface area is 138 Å². The van der Waals surface area contributed by atoms with Crippen molar-refractivity contribution in [1.82, 2.24) is 15.3 Å². The third-order valence-corrected chi connectivity index (χ3v) is 3.78. The summed E-state index contributed by atoms with van der Waals surface area (Å²) in [4.78, 5) is 20.8. The van der Waals surface area contributed by atoms with Gasteiger partial charge in [-0.2, -0.15) is 0 Å². The molecule has 4 nitrogen and oxygen atoms in total. The van der Waals surface area contributed by atoms with Crippen LogP contribution >= 0.6 is 0 Å². The number of benzene rings is 1. The molecule has 0 spiro atoms. The van der Waals surface area contributed by atoms with Crippen LogP contribution in [0.3, 0.4) is 0 Å². The molecule has 0 radical (unpaired) electrons. The number of nitrogens with one attached hydrogen (secondary N) is 1. The van der Waals surface area contributed by atoms with Crippen LogP contribution in [0, 0.1) is 0 Å². The molecule has 1 heterocycles. The van der Waals surface area contributed by atoms with Gasteiger partial charge in [-0.1, -0.05) is 46.8 Å². The van der Waals surface area contributed by atoms with Crippen LogP contribution in [0.1, 0.15) is 67.7 Å². The van der Waals surface area contributed by atoms with Crippen molar-refractivity contribution in [2.45, 2.75) is 52.5 Å². The van der Waals surface area contributed by atoms with E-state index in [4.69, 9.17) is 0 Å². The molecular weight excluding hydrogens is 286 g/mol. The maximum Gasteiger partial charge on any atom is 0.251 e. The summed E-state index contributed by atoms with van der Waals surface area (Å²) in [6.45, 7) is 11.0. The van der Waals surface area contributed by atoms with Crippen molar-refractivity contribution in [3.8, 4) is 0 Å². The summed E-state index contributed by atoms with van der Waals surface area (Å²) >= 11 is 0. The average Bonchev–Trinajstić information content (AvgIpc) is 2.52. The maximum absolute atomic E-state index is 12.3. The second kappa shape index (κ2) is 6.90. The molecule has 1 amide bonds. The molecule has 2 rings (SSSR count). The molecule has 1 aromatic carbocycles. The lowest BCUT2D eigenvalue weighted by atomic mass is 9.89.